The molecule has 0 saturated carbocycles. The average Bonchev–Trinajstić information content (AvgIpc) is 3.19. The Balaban J connectivity index is 1.71. The van der Waals surface area contributed by atoms with Crippen molar-refractivity contribution in [3.05, 3.63) is 89.5 Å². The van der Waals surface area contributed by atoms with E-state index in [-0.39, 0.29) is 17.4 Å². The Morgan fingerprint density at radius 1 is 1.00 bits per heavy atom. The van der Waals surface area contributed by atoms with Crippen LogP contribution in [0.15, 0.2) is 72.1 Å². The molecule has 0 unspecified atom stereocenters. The van der Waals surface area contributed by atoms with Gasteiger partial charge in [0.2, 0.25) is 0 Å². The Labute approximate surface area is 178 Å². The van der Waals surface area contributed by atoms with Crippen LogP contribution in [0.1, 0.15) is 21.5 Å². The Hall–Kier alpha value is -3.32. The number of halogens is 1. The van der Waals surface area contributed by atoms with Crippen molar-refractivity contribution < 1.29 is 9.18 Å². The van der Waals surface area contributed by atoms with Crippen LogP contribution < -0.4 is 0 Å². The Kier molecular flexibility index (Phi) is 5.72. The first-order valence-electron chi connectivity index (χ1n) is 9.38. The van der Waals surface area contributed by atoms with Gasteiger partial charge in [0, 0.05) is 23.5 Å². The van der Waals surface area contributed by atoms with Gasteiger partial charge in [0.05, 0.1) is 11.4 Å². The number of benzene rings is 2. The van der Waals surface area contributed by atoms with Gasteiger partial charge in [-0.2, -0.15) is 0 Å². The number of pyridine rings is 1. The van der Waals surface area contributed by atoms with Gasteiger partial charge in [-0.3, -0.25) is 14.3 Å². The molecule has 0 fully saturated rings. The van der Waals surface area contributed by atoms with E-state index in [4.69, 9.17) is 0 Å². The number of Topliss-reactive ketones (excluding diaryl/α,β-unsaturated/α-hetero) is 1. The Morgan fingerprint density at radius 2 is 1.73 bits per heavy atom. The molecule has 7 heteroatoms. The maximum atomic E-state index is 13.1. The first-order chi connectivity index (χ1) is 14.5. The summed E-state index contributed by atoms with van der Waals surface area (Å²) >= 11 is 1.31. The third kappa shape index (κ3) is 4.02. The summed E-state index contributed by atoms with van der Waals surface area (Å²) in [7, 11) is 0. The van der Waals surface area contributed by atoms with Crippen molar-refractivity contribution in [1.82, 2.24) is 19.7 Å². The average molecular weight is 418 g/mol. The van der Waals surface area contributed by atoms with Crippen LogP contribution in [0.3, 0.4) is 0 Å². The van der Waals surface area contributed by atoms with Gasteiger partial charge in [0.1, 0.15) is 5.82 Å². The first-order valence-corrected chi connectivity index (χ1v) is 10.4. The lowest BCUT2D eigenvalue weighted by molar-refractivity contribution is 0.102. The molecule has 4 aromatic rings. The minimum atomic E-state index is -0.365. The molecule has 0 aliphatic carbocycles. The fourth-order valence-electron chi connectivity index (χ4n) is 3.10. The molecule has 0 bridgehead atoms. The second-order valence-electron chi connectivity index (χ2n) is 6.82. The molecule has 0 spiro atoms. The summed E-state index contributed by atoms with van der Waals surface area (Å²) in [5.74, 6) is 0.394. The molecule has 0 amide bonds. The summed E-state index contributed by atoms with van der Waals surface area (Å²) in [6.07, 6.45) is 3.42. The monoisotopic (exact) mass is 418 g/mol. The normalized spacial score (nSPS) is 10.9. The number of ketones is 1. The number of carbonyl (C=O) groups excluding carboxylic acids is 1. The molecule has 0 N–H and O–H groups in total. The predicted octanol–water partition coefficient (Wildman–Crippen LogP) is 5.06. The van der Waals surface area contributed by atoms with Crippen molar-refractivity contribution in [2.24, 2.45) is 0 Å². The highest BCUT2D eigenvalue weighted by atomic mass is 32.2. The van der Waals surface area contributed by atoms with Crippen molar-refractivity contribution in [3.8, 4) is 17.1 Å². The van der Waals surface area contributed by atoms with Gasteiger partial charge in [0.25, 0.3) is 0 Å². The molecule has 0 aliphatic heterocycles. The lowest BCUT2D eigenvalue weighted by atomic mass is 10.1. The third-order valence-corrected chi connectivity index (χ3v) is 5.82. The highest BCUT2D eigenvalue weighted by Crippen LogP contribution is 2.30. The quantitative estimate of drug-likeness (QED) is 0.324. The molecule has 2 heterocycles. The van der Waals surface area contributed by atoms with E-state index in [1.54, 1.807) is 12.4 Å². The summed E-state index contributed by atoms with van der Waals surface area (Å²) in [5.41, 5.74) is 4.58. The van der Waals surface area contributed by atoms with Crippen LogP contribution in [0.25, 0.3) is 17.1 Å². The van der Waals surface area contributed by atoms with Crippen molar-refractivity contribution in [1.29, 1.82) is 0 Å². The number of hydrogen-bond acceptors (Lipinski definition) is 5. The van der Waals surface area contributed by atoms with Crippen molar-refractivity contribution in [2.75, 3.05) is 5.75 Å². The summed E-state index contributed by atoms with van der Waals surface area (Å²) in [5, 5.41) is 9.38. The van der Waals surface area contributed by atoms with Crippen LogP contribution in [0.5, 0.6) is 0 Å². The van der Waals surface area contributed by atoms with Crippen LogP contribution in [0.2, 0.25) is 0 Å². The van der Waals surface area contributed by atoms with Gasteiger partial charge in [-0.1, -0.05) is 23.9 Å². The largest absolute Gasteiger partial charge is 0.293 e. The summed E-state index contributed by atoms with van der Waals surface area (Å²) in [4.78, 5) is 16.6. The van der Waals surface area contributed by atoms with E-state index in [0.29, 0.717) is 16.5 Å². The second-order valence-corrected chi connectivity index (χ2v) is 7.76. The van der Waals surface area contributed by atoms with Gasteiger partial charge >= 0.3 is 0 Å². The number of carbonyl (C=O) groups is 1. The lowest BCUT2D eigenvalue weighted by Gasteiger charge is -2.14. The van der Waals surface area contributed by atoms with E-state index >= 15 is 0 Å². The minimum absolute atomic E-state index is 0.0963. The predicted molar refractivity (Wildman–Crippen MR) is 116 cm³/mol. The minimum Gasteiger partial charge on any atom is -0.293 e. The van der Waals surface area contributed by atoms with Gasteiger partial charge in [-0.05, 0) is 67.4 Å². The molecule has 2 aromatic carbocycles. The number of rotatable bonds is 6. The van der Waals surface area contributed by atoms with Crippen LogP contribution >= 0.6 is 11.8 Å². The standard InChI is InChI=1S/C23H19FN4OS/c1-15-4-3-5-20(16(15)2)28-22(18-10-12-25-13-11-18)26-27-23(28)30-14-21(29)17-6-8-19(24)9-7-17/h3-13H,14H2,1-2H3. The van der Waals surface area contributed by atoms with E-state index in [9.17, 15) is 9.18 Å². The Morgan fingerprint density at radius 3 is 2.47 bits per heavy atom. The van der Waals surface area contributed by atoms with Gasteiger partial charge in [0.15, 0.2) is 16.8 Å². The fourth-order valence-corrected chi connectivity index (χ4v) is 3.93. The molecule has 0 radical (unpaired) electrons. The summed E-state index contributed by atoms with van der Waals surface area (Å²) in [6, 6.07) is 15.4. The Bertz CT molecular complexity index is 1190. The zero-order valence-corrected chi connectivity index (χ0v) is 17.4. The van der Waals surface area contributed by atoms with E-state index in [1.807, 2.05) is 28.8 Å². The molecule has 150 valence electrons. The zero-order valence-electron chi connectivity index (χ0n) is 16.5. The molecule has 2 aromatic heterocycles. The number of nitrogens with zero attached hydrogens (tertiary/aromatic N) is 4. The zero-order chi connectivity index (χ0) is 21.1. The number of thioether (sulfide) groups is 1. The summed E-state index contributed by atoms with van der Waals surface area (Å²) in [6.45, 7) is 4.11. The molecule has 0 saturated heterocycles. The van der Waals surface area contributed by atoms with Gasteiger partial charge < -0.3 is 0 Å². The van der Waals surface area contributed by atoms with E-state index in [2.05, 4.69) is 35.1 Å². The smallest absolute Gasteiger partial charge is 0.196 e. The highest BCUT2D eigenvalue weighted by molar-refractivity contribution is 7.99. The van der Waals surface area contributed by atoms with Gasteiger partial charge in [-0.25, -0.2) is 4.39 Å². The van der Waals surface area contributed by atoms with Crippen LogP contribution in [-0.2, 0) is 0 Å². The molecule has 30 heavy (non-hydrogen) atoms. The van der Waals surface area contributed by atoms with Crippen molar-refractivity contribution >= 4 is 17.5 Å². The first kappa shape index (κ1) is 20.0. The molecule has 0 atom stereocenters. The molecule has 4 rings (SSSR count). The summed E-state index contributed by atoms with van der Waals surface area (Å²) < 4.78 is 15.1. The SMILES string of the molecule is Cc1cccc(-n2c(SCC(=O)c3ccc(F)cc3)nnc2-c2ccncc2)c1C. The van der Waals surface area contributed by atoms with Crippen LogP contribution in [0, 0.1) is 19.7 Å². The van der Waals surface area contributed by atoms with Crippen LogP contribution in [0.4, 0.5) is 4.39 Å². The van der Waals surface area contributed by atoms with E-state index < -0.39 is 0 Å². The highest BCUT2D eigenvalue weighted by Gasteiger charge is 2.19. The second kappa shape index (κ2) is 8.59. The fraction of sp³-hybridized carbons (Fsp3) is 0.130. The van der Waals surface area contributed by atoms with E-state index in [0.717, 1.165) is 22.4 Å². The molecule has 0 aliphatic rings. The van der Waals surface area contributed by atoms with Crippen LogP contribution in [-0.4, -0.2) is 31.3 Å². The molecular weight excluding hydrogens is 399 g/mol. The molecular formula is C23H19FN4OS. The number of aryl methyl sites for hydroxylation is 1. The van der Waals surface area contributed by atoms with Crippen molar-refractivity contribution in [2.45, 2.75) is 19.0 Å². The van der Waals surface area contributed by atoms with Gasteiger partial charge in [-0.15, -0.1) is 10.2 Å². The third-order valence-electron chi connectivity index (χ3n) is 4.89. The maximum absolute atomic E-state index is 13.1. The topological polar surface area (TPSA) is 60.7 Å². The number of hydrogen-bond donors (Lipinski definition) is 0. The van der Waals surface area contributed by atoms with Crippen molar-refractivity contribution in [3.63, 3.8) is 0 Å². The number of aromatic nitrogens is 4. The van der Waals surface area contributed by atoms with E-state index in [1.165, 1.54) is 36.0 Å². The maximum Gasteiger partial charge on any atom is 0.196 e. The lowest BCUT2D eigenvalue weighted by Crippen LogP contribution is -2.06. The molecule has 5 nitrogen and oxygen atoms in total.